The summed E-state index contributed by atoms with van der Waals surface area (Å²) in [6.07, 6.45) is 0.390. The van der Waals surface area contributed by atoms with Crippen molar-refractivity contribution in [3.63, 3.8) is 0 Å². The van der Waals surface area contributed by atoms with Crippen LogP contribution in [0.3, 0.4) is 0 Å². The van der Waals surface area contributed by atoms with E-state index in [0.717, 1.165) is 11.3 Å². The first-order valence-electron chi connectivity index (χ1n) is 6.54. The predicted molar refractivity (Wildman–Crippen MR) is 84.6 cm³/mol. The minimum atomic E-state index is -0.224. The average molecular weight is 300 g/mol. The van der Waals surface area contributed by atoms with Gasteiger partial charge in [0.15, 0.2) is 5.13 Å². The average Bonchev–Trinajstić information content (AvgIpc) is 2.84. The molecule has 0 saturated carbocycles. The zero-order valence-electron chi connectivity index (χ0n) is 11.9. The van der Waals surface area contributed by atoms with Crippen LogP contribution in [0.5, 0.6) is 0 Å². The Kier molecular flexibility index (Phi) is 5.09. The van der Waals surface area contributed by atoms with E-state index < -0.39 is 0 Å². The van der Waals surface area contributed by atoms with Crippen LogP contribution in [0.2, 0.25) is 0 Å². The summed E-state index contributed by atoms with van der Waals surface area (Å²) in [4.78, 5) is 16.5. The van der Waals surface area contributed by atoms with Crippen molar-refractivity contribution in [2.45, 2.75) is 20.3 Å². The number of hydrogen-bond acceptors (Lipinski definition) is 4. The minimum Gasteiger partial charge on any atom is -0.395 e. The number of thiazole rings is 1. The van der Waals surface area contributed by atoms with E-state index in [2.05, 4.69) is 22.1 Å². The summed E-state index contributed by atoms with van der Waals surface area (Å²) in [7, 11) is 0. The van der Waals surface area contributed by atoms with Gasteiger partial charge in [0.1, 0.15) is 0 Å². The summed E-state index contributed by atoms with van der Waals surface area (Å²) in [6.45, 7) is 3.84. The number of aliphatic hydroxyl groups is 1. The molecule has 0 atom stereocenters. The van der Waals surface area contributed by atoms with Crippen LogP contribution >= 0.6 is 11.3 Å². The lowest BCUT2D eigenvalue weighted by molar-refractivity contribution is 0.102. The number of aliphatic hydroxyl groups excluding tert-OH is 1. The molecular formula is C16H16N2O2S. The largest absolute Gasteiger partial charge is 0.395 e. The lowest BCUT2D eigenvalue weighted by Crippen LogP contribution is -2.13. The summed E-state index contributed by atoms with van der Waals surface area (Å²) in [6, 6.07) is 5.50. The van der Waals surface area contributed by atoms with Crippen LogP contribution < -0.4 is 5.32 Å². The SMILES string of the molecule is Cc1ccc(C(=O)Nc2nc(C)cs2)c(C#CCCO)c1. The number of rotatable bonds is 3. The Morgan fingerprint density at radius 2 is 2.24 bits per heavy atom. The molecule has 2 N–H and O–H groups in total. The van der Waals surface area contributed by atoms with E-state index in [1.165, 1.54) is 11.3 Å². The van der Waals surface area contributed by atoms with Gasteiger partial charge in [-0.3, -0.25) is 10.1 Å². The van der Waals surface area contributed by atoms with Crippen molar-refractivity contribution in [1.29, 1.82) is 0 Å². The Balaban J connectivity index is 2.26. The molecule has 1 heterocycles. The first-order valence-corrected chi connectivity index (χ1v) is 7.42. The highest BCUT2D eigenvalue weighted by Crippen LogP contribution is 2.17. The molecule has 21 heavy (non-hydrogen) atoms. The summed E-state index contributed by atoms with van der Waals surface area (Å²) < 4.78 is 0. The standard InChI is InChI=1S/C16H16N2O2S/c1-11-6-7-14(13(9-11)5-3-4-8-19)15(20)18-16-17-12(2)10-21-16/h6-7,9-10,19H,4,8H2,1-2H3,(H,17,18,20). The van der Waals surface area contributed by atoms with Gasteiger partial charge in [-0.15, -0.1) is 11.3 Å². The predicted octanol–water partition coefficient (Wildman–Crippen LogP) is 2.75. The second kappa shape index (κ2) is 7.02. The molecule has 0 spiro atoms. The van der Waals surface area contributed by atoms with Crippen molar-refractivity contribution in [2.24, 2.45) is 0 Å². The smallest absolute Gasteiger partial charge is 0.258 e. The Hall–Kier alpha value is -2.16. The highest BCUT2D eigenvalue weighted by atomic mass is 32.1. The number of carbonyl (C=O) groups excluding carboxylic acids is 1. The first kappa shape index (κ1) is 15.2. The lowest BCUT2D eigenvalue weighted by Gasteiger charge is -2.05. The normalized spacial score (nSPS) is 9.86. The van der Waals surface area contributed by atoms with Crippen LogP contribution in [0.25, 0.3) is 0 Å². The van der Waals surface area contributed by atoms with Gasteiger partial charge < -0.3 is 5.11 Å². The Bertz CT molecular complexity index is 711. The molecule has 1 aromatic heterocycles. The maximum Gasteiger partial charge on any atom is 0.258 e. The summed E-state index contributed by atoms with van der Waals surface area (Å²) in [5, 5.41) is 14.0. The summed E-state index contributed by atoms with van der Waals surface area (Å²) in [5.74, 6) is 5.56. The Labute approximate surface area is 127 Å². The van der Waals surface area contributed by atoms with Gasteiger partial charge in [-0.2, -0.15) is 0 Å². The van der Waals surface area contributed by atoms with Crippen molar-refractivity contribution in [3.8, 4) is 11.8 Å². The maximum absolute atomic E-state index is 12.3. The number of benzene rings is 1. The van der Waals surface area contributed by atoms with Gasteiger partial charge in [-0.1, -0.05) is 17.9 Å². The lowest BCUT2D eigenvalue weighted by atomic mass is 10.0. The number of hydrogen-bond donors (Lipinski definition) is 2. The number of nitrogens with one attached hydrogen (secondary N) is 1. The fourth-order valence-corrected chi connectivity index (χ4v) is 2.43. The van der Waals surface area contributed by atoms with Gasteiger partial charge in [0.2, 0.25) is 0 Å². The molecule has 2 rings (SSSR count). The highest BCUT2D eigenvalue weighted by molar-refractivity contribution is 7.13. The Morgan fingerprint density at radius 3 is 2.90 bits per heavy atom. The van der Waals surface area contributed by atoms with Crippen molar-refractivity contribution < 1.29 is 9.90 Å². The minimum absolute atomic E-state index is 0.0126. The second-order valence-corrected chi connectivity index (χ2v) is 5.43. The Morgan fingerprint density at radius 1 is 1.43 bits per heavy atom. The number of aromatic nitrogens is 1. The van der Waals surface area contributed by atoms with E-state index in [4.69, 9.17) is 5.11 Å². The molecule has 0 aliphatic carbocycles. The van der Waals surface area contributed by atoms with Gasteiger partial charge in [0.05, 0.1) is 17.9 Å². The van der Waals surface area contributed by atoms with Crippen molar-refractivity contribution in [3.05, 3.63) is 46.0 Å². The topological polar surface area (TPSA) is 62.2 Å². The molecule has 1 aromatic carbocycles. The molecule has 0 fully saturated rings. The third-order valence-electron chi connectivity index (χ3n) is 2.72. The third-order valence-corrected chi connectivity index (χ3v) is 3.59. The van der Waals surface area contributed by atoms with Crippen LogP contribution in [-0.2, 0) is 0 Å². The molecule has 0 bridgehead atoms. The molecule has 0 radical (unpaired) electrons. The fourth-order valence-electron chi connectivity index (χ4n) is 1.75. The zero-order chi connectivity index (χ0) is 15.2. The van der Waals surface area contributed by atoms with E-state index in [0.29, 0.717) is 22.7 Å². The van der Waals surface area contributed by atoms with Crippen molar-refractivity contribution >= 4 is 22.4 Å². The van der Waals surface area contributed by atoms with Crippen molar-refractivity contribution in [2.75, 3.05) is 11.9 Å². The van der Waals surface area contributed by atoms with E-state index in [1.54, 1.807) is 6.07 Å². The molecule has 4 nitrogen and oxygen atoms in total. The summed E-state index contributed by atoms with van der Waals surface area (Å²) in [5.41, 5.74) is 3.08. The highest BCUT2D eigenvalue weighted by Gasteiger charge is 2.12. The molecule has 0 aliphatic rings. The number of aryl methyl sites for hydroxylation is 2. The third kappa shape index (κ3) is 4.15. The van der Waals surface area contributed by atoms with Gasteiger partial charge in [-0.05, 0) is 31.5 Å². The van der Waals surface area contributed by atoms with Crippen molar-refractivity contribution in [1.82, 2.24) is 4.98 Å². The maximum atomic E-state index is 12.3. The second-order valence-electron chi connectivity index (χ2n) is 4.57. The molecule has 5 heteroatoms. The quantitative estimate of drug-likeness (QED) is 0.857. The van der Waals surface area contributed by atoms with Gasteiger partial charge in [-0.25, -0.2) is 4.98 Å². The van der Waals surface area contributed by atoms with Gasteiger partial charge in [0.25, 0.3) is 5.91 Å². The number of anilines is 1. The molecule has 108 valence electrons. The van der Waals surface area contributed by atoms with E-state index >= 15 is 0 Å². The molecule has 0 aliphatic heterocycles. The summed E-state index contributed by atoms with van der Waals surface area (Å²) >= 11 is 1.39. The number of carbonyl (C=O) groups is 1. The van der Waals surface area contributed by atoms with Crippen LogP contribution in [0, 0.1) is 25.7 Å². The van der Waals surface area contributed by atoms with E-state index in [9.17, 15) is 4.79 Å². The fraction of sp³-hybridized carbons (Fsp3) is 0.250. The van der Waals surface area contributed by atoms with Crippen LogP contribution in [-0.4, -0.2) is 22.6 Å². The van der Waals surface area contributed by atoms with Crippen LogP contribution in [0.4, 0.5) is 5.13 Å². The molecular weight excluding hydrogens is 284 g/mol. The van der Waals surface area contributed by atoms with E-state index in [-0.39, 0.29) is 12.5 Å². The van der Waals surface area contributed by atoms with E-state index in [1.807, 2.05) is 31.4 Å². The monoisotopic (exact) mass is 300 g/mol. The van der Waals surface area contributed by atoms with Gasteiger partial charge >= 0.3 is 0 Å². The van der Waals surface area contributed by atoms with Crippen LogP contribution in [0.1, 0.15) is 33.6 Å². The molecule has 0 unspecified atom stereocenters. The molecule has 1 amide bonds. The number of amides is 1. The molecule has 0 saturated heterocycles. The zero-order valence-corrected chi connectivity index (χ0v) is 12.8. The first-order chi connectivity index (χ1) is 10.1. The van der Waals surface area contributed by atoms with Gasteiger partial charge in [0, 0.05) is 17.4 Å². The van der Waals surface area contributed by atoms with Crippen LogP contribution in [0.15, 0.2) is 23.6 Å². The molecule has 2 aromatic rings. The number of nitrogens with zero attached hydrogens (tertiary/aromatic N) is 1.